The largest absolute Gasteiger partial charge is 0.465 e. The Morgan fingerprint density at radius 2 is 2.12 bits per heavy atom. The molecule has 1 heterocycles. The van der Waals surface area contributed by atoms with Crippen molar-refractivity contribution in [2.75, 3.05) is 6.61 Å². The molecular weight excluding hydrogens is 208 g/mol. The number of aryl methyl sites for hydroxylation is 1. The lowest BCUT2D eigenvalue weighted by molar-refractivity contribution is -0.150. The minimum Gasteiger partial charge on any atom is -0.465 e. The molecule has 0 saturated carbocycles. The maximum atomic E-state index is 12.0. The fraction of sp³-hybridized carbons (Fsp3) is 0.545. The van der Waals surface area contributed by atoms with Crippen molar-refractivity contribution in [1.29, 1.82) is 0 Å². The van der Waals surface area contributed by atoms with E-state index in [0.717, 1.165) is 0 Å². The second-order valence-electron chi connectivity index (χ2n) is 4.05. The monoisotopic (exact) mass is 224 g/mol. The van der Waals surface area contributed by atoms with E-state index in [1.54, 1.807) is 40.1 Å². The molecule has 0 aliphatic rings. The van der Waals surface area contributed by atoms with Gasteiger partial charge in [-0.1, -0.05) is 0 Å². The van der Waals surface area contributed by atoms with Gasteiger partial charge in [-0.05, 0) is 26.8 Å². The van der Waals surface area contributed by atoms with Crippen LogP contribution in [0.2, 0.25) is 0 Å². The molecular formula is C11H16N2O3. The second kappa shape index (κ2) is 4.47. The van der Waals surface area contributed by atoms with Crippen LogP contribution < -0.4 is 0 Å². The minimum absolute atomic E-state index is 0.262. The lowest BCUT2D eigenvalue weighted by atomic mass is 9.86. The number of carbonyl (C=O) groups excluding carboxylic acids is 2. The van der Waals surface area contributed by atoms with Crippen LogP contribution in [0, 0.1) is 5.41 Å². The molecule has 0 amide bonds. The topological polar surface area (TPSA) is 61.2 Å². The number of carbonyl (C=O) groups is 2. The molecule has 1 aromatic heterocycles. The molecule has 0 atom stereocenters. The van der Waals surface area contributed by atoms with Gasteiger partial charge in [0.2, 0.25) is 0 Å². The molecule has 0 unspecified atom stereocenters. The van der Waals surface area contributed by atoms with Gasteiger partial charge in [-0.3, -0.25) is 14.3 Å². The lowest BCUT2D eigenvalue weighted by Crippen LogP contribution is -2.35. The molecule has 0 fully saturated rings. The maximum Gasteiger partial charge on any atom is 0.319 e. The van der Waals surface area contributed by atoms with Crippen molar-refractivity contribution in [2.24, 2.45) is 12.5 Å². The molecule has 0 aliphatic heterocycles. The molecule has 1 rings (SSSR count). The van der Waals surface area contributed by atoms with Crippen LogP contribution in [-0.2, 0) is 16.6 Å². The smallest absolute Gasteiger partial charge is 0.319 e. The molecule has 5 nitrogen and oxygen atoms in total. The Morgan fingerprint density at radius 3 is 2.56 bits per heavy atom. The highest BCUT2D eigenvalue weighted by atomic mass is 16.5. The summed E-state index contributed by atoms with van der Waals surface area (Å²) in [6.45, 7) is 5.06. The van der Waals surface area contributed by atoms with Gasteiger partial charge in [0.1, 0.15) is 11.1 Å². The molecule has 0 N–H and O–H groups in total. The number of rotatable bonds is 4. The molecule has 0 saturated heterocycles. The number of hydrogen-bond donors (Lipinski definition) is 0. The van der Waals surface area contributed by atoms with Crippen LogP contribution in [0.4, 0.5) is 0 Å². The van der Waals surface area contributed by atoms with E-state index in [2.05, 4.69) is 5.10 Å². The Hall–Kier alpha value is -1.65. The molecule has 5 heteroatoms. The predicted octanol–water partition coefficient (Wildman–Crippen LogP) is 1.19. The Balaban J connectivity index is 2.91. The van der Waals surface area contributed by atoms with Gasteiger partial charge in [0, 0.05) is 13.2 Å². The summed E-state index contributed by atoms with van der Waals surface area (Å²) < 4.78 is 6.38. The summed E-state index contributed by atoms with van der Waals surface area (Å²) >= 11 is 0. The van der Waals surface area contributed by atoms with E-state index < -0.39 is 11.4 Å². The molecule has 1 aromatic rings. The van der Waals surface area contributed by atoms with Gasteiger partial charge >= 0.3 is 5.97 Å². The number of esters is 1. The van der Waals surface area contributed by atoms with E-state index in [1.165, 1.54) is 4.68 Å². The Morgan fingerprint density at radius 1 is 1.50 bits per heavy atom. The second-order valence-corrected chi connectivity index (χ2v) is 4.05. The highest BCUT2D eigenvalue weighted by Gasteiger charge is 2.39. The Kier molecular flexibility index (Phi) is 3.47. The number of Topliss-reactive ketones (excluding diaryl/α,β-unsaturated/α-hetero) is 1. The number of aromatic nitrogens is 2. The minimum atomic E-state index is -1.19. The van der Waals surface area contributed by atoms with Crippen LogP contribution in [0.25, 0.3) is 0 Å². The summed E-state index contributed by atoms with van der Waals surface area (Å²) in [5, 5.41) is 3.98. The van der Waals surface area contributed by atoms with Crippen LogP contribution in [0.5, 0.6) is 0 Å². The Labute approximate surface area is 94.4 Å². The average molecular weight is 224 g/mol. The van der Waals surface area contributed by atoms with Crippen molar-refractivity contribution in [3.63, 3.8) is 0 Å². The van der Waals surface area contributed by atoms with Crippen LogP contribution in [0.15, 0.2) is 12.3 Å². The van der Waals surface area contributed by atoms with Crippen LogP contribution in [0.3, 0.4) is 0 Å². The van der Waals surface area contributed by atoms with Gasteiger partial charge in [-0.25, -0.2) is 0 Å². The first-order chi connectivity index (χ1) is 7.39. The van der Waals surface area contributed by atoms with Crippen LogP contribution in [0.1, 0.15) is 31.3 Å². The van der Waals surface area contributed by atoms with E-state index in [4.69, 9.17) is 4.74 Å². The van der Waals surface area contributed by atoms with Gasteiger partial charge in [0.25, 0.3) is 0 Å². The van der Waals surface area contributed by atoms with Gasteiger partial charge in [0.05, 0.1) is 6.61 Å². The lowest BCUT2D eigenvalue weighted by Gasteiger charge is -2.19. The molecule has 0 spiro atoms. The third-order valence-electron chi connectivity index (χ3n) is 2.30. The molecule has 0 aliphatic carbocycles. The number of nitrogens with zero attached hydrogens (tertiary/aromatic N) is 2. The van der Waals surface area contributed by atoms with E-state index in [-0.39, 0.29) is 18.1 Å². The van der Waals surface area contributed by atoms with Crippen LogP contribution in [-0.4, -0.2) is 28.1 Å². The number of ether oxygens (including phenoxy) is 1. The van der Waals surface area contributed by atoms with E-state index in [9.17, 15) is 9.59 Å². The SMILES string of the molecule is CCOC(=O)C(C)(C)C(=O)c1ccn(C)n1. The summed E-state index contributed by atoms with van der Waals surface area (Å²) in [5.41, 5.74) is -0.912. The van der Waals surface area contributed by atoms with Crippen molar-refractivity contribution in [3.05, 3.63) is 18.0 Å². The third-order valence-corrected chi connectivity index (χ3v) is 2.30. The summed E-state index contributed by atoms with van der Waals surface area (Å²) in [4.78, 5) is 23.6. The predicted molar refractivity (Wildman–Crippen MR) is 58.0 cm³/mol. The quantitative estimate of drug-likeness (QED) is 0.438. The van der Waals surface area contributed by atoms with E-state index in [1.807, 2.05) is 0 Å². The highest BCUT2D eigenvalue weighted by molar-refractivity contribution is 6.10. The van der Waals surface area contributed by atoms with Gasteiger partial charge < -0.3 is 4.74 Å². The maximum absolute atomic E-state index is 12.0. The van der Waals surface area contributed by atoms with Gasteiger partial charge in [0.15, 0.2) is 5.78 Å². The fourth-order valence-corrected chi connectivity index (χ4v) is 1.26. The Bertz CT molecular complexity index is 407. The average Bonchev–Trinajstić information content (AvgIpc) is 2.64. The third kappa shape index (κ3) is 2.29. The zero-order valence-electron chi connectivity index (χ0n) is 9.98. The number of ketones is 1. The summed E-state index contributed by atoms with van der Waals surface area (Å²) in [5.74, 6) is -0.850. The normalized spacial score (nSPS) is 11.2. The molecule has 0 bridgehead atoms. The summed E-state index contributed by atoms with van der Waals surface area (Å²) in [6, 6.07) is 1.59. The zero-order valence-corrected chi connectivity index (χ0v) is 9.98. The summed E-state index contributed by atoms with van der Waals surface area (Å²) in [6.07, 6.45) is 1.66. The first-order valence-corrected chi connectivity index (χ1v) is 5.11. The van der Waals surface area contributed by atoms with Gasteiger partial charge in [-0.2, -0.15) is 5.10 Å². The van der Waals surface area contributed by atoms with Crippen molar-refractivity contribution in [2.45, 2.75) is 20.8 Å². The van der Waals surface area contributed by atoms with Crippen molar-refractivity contribution in [1.82, 2.24) is 9.78 Å². The van der Waals surface area contributed by atoms with E-state index in [0.29, 0.717) is 0 Å². The van der Waals surface area contributed by atoms with Gasteiger partial charge in [-0.15, -0.1) is 0 Å². The van der Waals surface area contributed by atoms with Crippen molar-refractivity contribution in [3.8, 4) is 0 Å². The standard InChI is InChI=1S/C11H16N2O3/c1-5-16-10(15)11(2,3)9(14)8-6-7-13(4)12-8/h6-7H,5H2,1-4H3. The molecule has 88 valence electrons. The van der Waals surface area contributed by atoms with E-state index >= 15 is 0 Å². The summed E-state index contributed by atoms with van der Waals surface area (Å²) in [7, 11) is 1.72. The fourth-order valence-electron chi connectivity index (χ4n) is 1.26. The highest BCUT2D eigenvalue weighted by Crippen LogP contribution is 2.22. The van der Waals surface area contributed by atoms with Crippen LogP contribution >= 0.6 is 0 Å². The molecule has 0 aromatic carbocycles. The molecule has 0 radical (unpaired) electrons. The zero-order chi connectivity index (χ0) is 12.3. The molecule has 16 heavy (non-hydrogen) atoms. The number of hydrogen-bond acceptors (Lipinski definition) is 4. The van der Waals surface area contributed by atoms with Crippen molar-refractivity contribution < 1.29 is 14.3 Å². The first-order valence-electron chi connectivity index (χ1n) is 5.11. The van der Waals surface area contributed by atoms with Crippen molar-refractivity contribution >= 4 is 11.8 Å². The first kappa shape index (κ1) is 12.4.